The molecule has 2 nitrogen and oxygen atoms in total. The van der Waals surface area contributed by atoms with Crippen LogP contribution in [0.2, 0.25) is 5.02 Å². The highest BCUT2D eigenvalue weighted by Gasteiger charge is 2.14. The molecule has 19 heavy (non-hydrogen) atoms. The third kappa shape index (κ3) is 3.46. The van der Waals surface area contributed by atoms with Crippen molar-refractivity contribution in [2.24, 2.45) is 0 Å². The molecule has 0 aromatic heterocycles. The van der Waals surface area contributed by atoms with E-state index in [4.69, 9.17) is 16.3 Å². The van der Waals surface area contributed by atoms with E-state index in [9.17, 15) is 9.50 Å². The molecule has 0 heterocycles. The van der Waals surface area contributed by atoms with E-state index in [1.165, 1.54) is 19.2 Å². The van der Waals surface area contributed by atoms with Gasteiger partial charge in [-0.25, -0.2) is 4.39 Å². The Hall–Kier alpha value is -1.58. The molecule has 2 aromatic carbocycles. The zero-order chi connectivity index (χ0) is 13.8. The SMILES string of the molecule is COc1ccc(Cl)cc1C(O)Cc1ccc(F)cc1. The Morgan fingerprint density at radius 2 is 1.89 bits per heavy atom. The summed E-state index contributed by atoms with van der Waals surface area (Å²) in [4.78, 5) is 0. The van der Waals surface area contributed by atoms with E-state index in [0.29, 0.717) is 22.8 Å². The van der Waals surface area contributed by atoms with Crippen molar-refractivity contribution in [2.45, 2.75) is 12.5 Å². The van der Waals surface area contributed by atoms with Crippen molar-refractivity contribution in [3.05, 3.63) is 64.4 Å². The van der Waals surface area contributed by atoms with E-state index >= 15 is 0 Å². The molecule has 1 N–H and O–H groups in total. The molecule has 0 fully saturated rings. The predicted molar refractivity (Wildman–Crippen MR) is 73.1 cm³/mol. The summed E-state index contributed by atoms with van der Waals surface area (Å²) in [6.45, 7) is 0. The monoisotopic (exact) mass is 280 g/mol. The number of ether oxygens (including phenoxy) is 1. The van der Waals surface area contributed by atoms with Gasteiger partial charge in [0.25, 0.3) is 0 Å². The van der Waals surface area contributed by atoms with Crippen molar-refractivity contribution in [1.29, 1.82) is 0 Å². The first-order chi connectivity index (χ1) is 9.10. The third-order valence-electron chi connectivity index (χ3n) is 2.89. The summed E-state index contributed by atoms with van der Waals surface area (Å²) < 4.78 is 18.0. The van der Waals surface area contributed by atoms with Crippen LogP contribution in [0.25, 0.3) is 0 Å². The highest BCUT2D eigenvalue weighted by molar-refractivity contribution is 6.30. The Kier molecular flexibility index (Phi) is 4.40. The Morgan fingerprint density at radius 3 is 2.53 bits per heavy atom. The molecule has 0 saturated carbocycles. The topological polar surface area (TPSA) is 29.5 Å². The molecule has 100 valence electrons. The van der Waals surface area contributed by atoms with Gasteiger partial charge in [0.15, 0.2) is 0 Å². The standard InChI is InChI=1S/C15H14ClFO2/c1-19-15-7-4-11(16)9-13(15)14(18)8-10-2-5-12(17)6-3-10/h2-7,9,14,18H,8H2,1H3. The van der Waals surface area contributed by atoms with Gasteiger partial charge in [-0.1, -0.05) is 23.7 Å². The lowest BCUT2D eigenvalue weighted by atomic mass is 10.0. The van der Waals surface area contributed by atoms with Crippen LogP contribution < -0.4 is 4.74 Å². The number of methoxy groups -OCH3 is 1. The predicted octanol–water partition coefficient (Wildman–Crippen LogP) is 3.76. The number of aliphatic hydroxyl groups excluding tert-OH is 1. The Bertz CT molecular complexity index is 555. The van der Waals surface area contributed by atoms with E-state index < -0.39 is 6.10 Å². The number of aliphatic hydroxyl groups is 1. The van der Waals surface area contributed by atoms with E-state index in [1.54, 1.807) is 30.3 Å². The molecular weight excluding hydrogens is 267 g/mol. The number of halogens is 2. The van der Waals surface area contributed by atoms with Crippen LogP contribution in [0.15, 0.2) is 42.5 Å². The lowest BCUT2D eigenvalue weighted by molar-refractivity contribution is 0.174. The summed E-state index contributed by atoms with van der Waals surface area (Å²) in [6.07, 6.45) is -0.379. The third-order valence-corrected chi connectivity index (χ3v) is 3.13. The maximum absolute atomic E-state index is 12.8. The molecule has 4 heteroatoms. The maximum atomic E-state index is 12.8. The van der Waals surface area contributed by atoms with Crippen LogP contribution in [0.5, 0.6) is 5.75 Å². The second kappa shape index (κ2) is 6.04. The summed E-state index contributed by atoms with van der Waals surface area (Å²) >= 11 is 5.93. The van der Waals surface area contributed by atoms with Gasteiger partial charge in [0.2, 0.25) is 0 Å². The first kappa shape index (κ1) is 13.8. The molecule has 0 spiro atoms. The minimum Gasteiger partial charge on any atom is -0.496 e. The van der Waals surface area contributed by atoms with Crippen molar-refractivity contribution >= 4 is 11.6 Å². The molecule has 0 saturated heterocycles. The van der Waals surface area contributed by atoms with Crippen LogP contribution in [0.3, 0.4) is 0 Å². The van der Waals surface area contributed by atoms with E-state index in [0.717, 1.165) is 5.56 Å². The fourth-order valence-corrected chi connectivity index (χ4v) is 2.10. The minimum atomic E-state index is -0.751. The maximum Gasteiger partial charge on any atom is 0.124 e. The molecule has 0 radical (unpaired) electrons. The zero-order valence-corrected chi connectivity index (χ0v) is 11.2. The average Bonchev–Trinajstić information content (AvgIpc) is 2.41. The molecule has 2 rings (SSSR count). The van der Waals surface area contributed by atoms with Crippen LogP contribution in [0.4, 0.5) is 4.39 Å². The van der Waals surface area contributed by atoms with Gasteiger partial charge in [-0.15, -0.1) is 0 Å². The Labute approximate surface area is 116 Å². The van der Waals surface area contributed by atoms with Crippen molar-refractivity contribution in [3.63, 3.8) is 0 Å². The van der Waals surface area contributed by atoms with Crippen molar-refractivity contribution < 1.29 is 14.2 Å². The molecule has 0 aliphatic carbocycles. The number of hydrogen-bond acceptors (Lipinski definition) is 2. The fourth-order valence-electron chi connectivity index (χ4n) is 1.92. The molecule has 0 bridgehead atoms. The van der Waals surface area contributed by atoms with Gasteiger partial charge in [0.1, 0.15) is 11.6 Å². The highest BCUT2D eigenvalue weighted by Crippen LogP contribution is 2.30. The molecule has 0 amide bonds. The van der Waals surface area contributed by atoms with Gasteiger partial charge in [-0.05, 0) is 35.9 Å². The molecular formula is C15H14ClFO2. The molecule has 0 aliphatic rings. The minimum absolute atomic E-state index is 0.293. The Morgan fingerprint density at radius 1 is 1.21 bits per heavy atom. The summed E-state index contributed by atoms with van der Waals surface area (Å²) in [7, 11) is 1.54. The number of rotatable bonds is 4. The summed E-state index contributed by atoms with van der Waals surface area (Å²) in [5.74, 6) is 0.289. The first-order valence-corrected chi connectivity index (χ1v) is 6.24. The lowest BCUT2D eigenvalue weighted by Crippen LogP contribution is -2.04. The van der Waals surface area contributed by atoms with Crippen LogP contribution in [0.1, 0.15) is 17.2 Å². The van der Waals surface area contributed by atoms with Crippen LogP contribution in [0, 0.1) is 5.82 Å². The number of benzene rings is 2. The van der Waals surface area contributed by atoms with Gasteiger partial charge in [0, 0.05) is 17.0 Å². The van der Waals surface area contributed by atoms with E-state index in [-0.39, 0.29) is 5.82 Å². The van der Waals surface area contributed by atoms with Gasteiger partial charge < -0.3 is 9.84 Å². The quantitative estimate of drug-likeness (QED) is 0.924. The molecule has 2 aromatic rings. The van der Waals surface area contributed by atoms with Crippen LogP contribution >= 0.6 is 11.6 Å². The van der Waals surface area contributed by atoms with E-state index in [2.05, 4.69) is 0 Å². The normalized spacial score (nSPS) is 12.2. The van der Waals surface area contributed by atoms with Crippen LogP contribution in [-0.2, 0) is 6.42 Å². The highest BCUT2D eigenvalue weighted by atomic mass is 35.5. The fraction of sp³-hybridized carbons (Fsp3) is 0.200. The van der Waals surface area contributed by atoms with Crippen molar-refractivity contribution in [2.75, 3.05) is 7.11 Å². The first-order valence-electron chi connectivity index (χ1n) is 5.86. The second-order valence-corrected chi connectivity index (χ2v) is 4.67. The van der Waals surface area contributed by atoms with Crippen molar-refractivity contribution in [3.8, 4) is 5.75 Å². The van der Waals surface area contributed by atoms with Crippen LogP contribution in [-0.4, -0.2) is 12.2 Å². The molecule has 1 unspecified atom stereocenters. The smallest absolute Gasteiger partial charge is 0.124 e. The summed E-state index contributed by atoms with van der Waals surface area (Å²) in [5, 5.41) is 10.8. The summed E-state index contributed by atoms with van der Waals surface area (Å²) in [6, 6.07) is 11.1. The van der Waals surface area contributed by atoms with Gasteiger partial charge in [0.05, 0.1) is 13.2 Å². The average molecular weight is 281 g/mol. The largest absolute Gasteiger partial charge is 0.496 e. The summed E-state index contributed by atoms with van der Waals surface area (Å²) in [5.41, 5.74) is 1.47. The van der Waals surface area contributed by atoms with Crippen molar-refractivity contribution in [1.82, 2.24) is 0 Å². The molecule has 0 aliphatic heterocycles. The van der Waals surface area contributed by atoms with Gasteiger partial charge >= 0.3 is 0 Å². The zero-order valence-electron chi connectivity index (χ0n) is 10.4. The van der Waals surface area contributed by atoms with E-state index in [1.807, 2.05) is 0 Å². The van der Waals surface area contributed by atoms with Gasteiger partial charge in [-0.3, -0.25) is 0 Å². The van der Waals surface area contributed by atoms with Gasteiger partial charge in [-0.2, -0.15) is 0 Å². The Balaban J connectivity index is 2.21. The number of hydrogen-bond donors (Lipinski definition) is 1. The second-order valence-electron chi connectivity index (χ2n) is 4.23. The molecule has 1 atom stereocenters. The lowest BCUT2D eigenvalue weighted by Gasteiger charge is -2.15.